The Morgan fingerprint density at radius 2 is 1.94 bits per heavy atom. The molecule has 0 amide bonds. The van der Waals surface area contributed by atoms with Crippen LogP contribution >= 0.6 is 0 Å². The molecular weight excluding hydrogens is 232 g/mol. The lowest BCUT2D eigenvalue weighted by molar-refractivity contribution is -0.139. The van der Waals surface area contributed by atoms with Gasteiger partial charge in [-0.05, 0) is 33.8 Å². The van der Waals surface area contributed by atoms with Crippen LogP contribution in [0.3, 0.4) is 0 Å². The average molecular weight is 250 g/mol. The van der Waals surface area contributed by atoms with E-state index >= 15 is 0 Å². The number of esters is 1. The number of nitrogens with zero attached hydrogens (tertiary/aromatic N) is 2. The molecule has 1 heterocycles. The van der Waals surface area contributed by atoms with Gasteiger partial charge in [-0.1, -0.05) is 5.57 Å². The van der Waals surface area contributed by atoms with Crippen molar-refractivity contribution in [2.75, 3.05) is 7.11 Å². The van der Waals surface area contributed by atoms with E-state index in [1.54, 1.807) is 20.8 Å². The maximum atomic E-state index is 12.3. The van der Waals surface area contributed by atoms with Crippen LogP contribution in [0.4, 0.5) is 0 Å². The minimum absolute atomic E-state index is 0.0317. The maximum Gasteiger partial charge on any atom is 0.310 e. The first-order chi connectivity index (χ1) is 8.36. The Balaban J connectivity index is 3.09. The zero-order valence-corrected chi connectivity index (χ0v) is 11.4. The van der Waals surface area contributed by atoms with Crippen molar-refractivity contribution >= 4 is 11.9 Å². The molecule has 0 N–H and O–H groups in total. The molecule has 0 unspecified atom stereocenters. The summed E-state index contributed by atoms with van der Waals surface area (Å²) in [4.78, 5) is 23.6. The molecule has 0 aliphatic rings. The lowest BCUT2D eigenvalue weighted by atomic mass is 10.1. The van der Waals surface area contributed by atoms with E-state index in [-0.39, 0.29) is 12.3 Å². The molecule has 0 atom stereocenters. The Morgan fingerprint density at radius 3 is 2.33 bits per heavy atom. The van der Waals surface area contributed by atoms with Crippen molar-refractivity contribution < 1.29 is 14.3 Å². The van der Waals surface area contributed by atoms with Crippen molar-refractivity contribution in [1.29, 1.82) is 0 Å². The number of hydrogen-bond donors (Lipinski definition) is 0. The number of aromatic nitrogens is 2. The Kier molecular flexibility index (Phi) is 4.42. The second kappa shape index (κ2) is 5.62. The lowest BCUT2D eigenvalue weighted by Crippen LogP contribution is -2.20. The summed E-state index contributed by atoms with van der Waals surface area (Å²) in [6.07, 6.45) is -0.0317. The van der Waals surface area contributed by atoms with Gasteiger partial charge in [-0.15, -0.1) is 0 Å². The van der Waals surface area contributed by atoms with E-state index in [1.807, 2.05) is 13.0 Å². The van der Waals surface area contributed by atoms with Gasteiger partial charge in [0.05, 0.1) is 19.2 Å². The minimum Gasteiger partial charge on any atom is -0.469 e. The molecule has 5 heteroatoms. The van der Waals surface area contributed by atoms with E-state index in [1.165, 1.54) is 11.8 Å². The molecular formula is C13H18N2O3. The molecule has 1 aromatic heterocycles. The molecule has 0 radical (unpaired) electrons. The first-order valence-electron chi connectivity index (χ1n) is 5.68. The Labute approximate surface area is 106 Å². The van der Waals surface area contributed by atoms with Gasteiger partial charge in [0.1, 0.15) is 0 Å². The van der Waals surface area contributed by atoms with Crippen molar-refractivity contribution in [3.8, 4) is 0 Å². The van der Waals surface area contributed by atoms with Gasteiger partial charge in [0.2, 0.25) is 0 Å². The van der Waals surface area contributed by atoms with Crippen LogP contribution in [-0.4, -0.2) is 28.8 Å². The van der Waals surface area contributed by atoms with Crippen molar-refractivity contribution in [1.82, 2.24) is 9.78 Å². The second-order valence-corrected chi connectivity index (χ2v) is 4.38. The molecule has 1 aromatic rings. The Bertz CT molecular complexity index is 508. The van der Waals surface area contributed by atoms with E-state index in [9.17, 15) is 9.59 Å². The molecule has 0 saturated carbocycles. The predicted octanol–water partition coefficient (Wildman–Crippen LogP) is 2.04. The number of allylic oxidation sites excluding steroid dienone is 1. The van der Waals surface area contributed by atoms with E-state index < -0.39 is 5.97 Å². The smallest absolute Gasteiger partial charge is 0.310 e. The fourth-order valence-electron chi connectivity index (χ4n) is 1.65. The Hall–Kier alpha value is -1.91. The molecule has 0 fully saturated rings. The van der Waals surface area contributed by atoms with E-state index in [0.29, 0.717) is 5.57 Å². The number of ether oxygens (including phenoxy) is 1. The summed E-state index contributed by atoms with van der Waals surface area (Å²) in [6, 6.07) is 1.82. The quantitative estimate of drug-likeness (QED) is 0.608. The van der Waals surface area contributed by atoms with Crippen LogP contribution in [0.5, 0.6) is 0 Å². The molecule has 0 aromatic carbocycles. The number of carbonyl (C=O) groups is 2. The van der Waals surface area contributed by atoms with Crippen LogP contribution in [0, 0.1) is 13.8 Å². The highest BCUT2D eigenvalue weighted by Crippen LogP contribution is 2.14. The SMILES string of the molecule is COC(=O)CC(C(=O)n1nc(C)cc1C)=C(C)C. The van der Waals surface area contributed by atoms with Crippen LogP contribution in [0.15, 0.2) is 17.2 Å². The summed E-state index contributed by atoms with van der Waals surface area (Å²) in [5.41, 5.74) is 2.74. The van der Waals surface area contributed by atoms with Gasteiger partial charge in [0, 0.05) is 11.3 Å². The number of carbonyl (C=O) groups excluding carboxylic acids is 2. The largest absolute Gasteiger partial charge is 0.469 e. The second-order valence-electron chi connectivity index (χ2n) is 4.38. The van der Waals surface area contributed by atoms with Crippen molar-refractivity contribution in [3.05, 3.63) is 28.6 Å². The predicted molar refractivity (Wildman–Crippen MR) is 67.3 cm³/mol. The average Bonchev–Trinajstić information content (AvgIpc) is 2.63. The van der Waals surface area contributed by atoms with Crippen LogP contribution < -0.4 is 0 Å². The summed E-state index contributed by atoms with van der Waals surface area (Å²) in [5.74, 6) is -0.702. The van der Waals surface area contributed by atoms with Crippen LogP contribution in [0.1, 0.15) is 36.5 Å². The molecule has 0 aliphatic carbocycles. The summed E-state index contributed by atoms with van der Waals surface area (Å²) in [6.45, 7) is 7.21. The highest BCUT2D eigenvalue weighted by molar-refractivity contribution is 5.99. The summed E-state index contributed by atoms with van der Waals surface area (Å²) < 4.78 is 5.92. The highest BCUT2D eigenvalue weighted by Gasteiger charge is 2.19. The first-order valence-corrected chi connectivity index (χ1v) is 5.68. The molecule has 0 saturated heterocycles. The Morgan fingerprint density at radius 1 is 1.33 bits per heavy atom. The zero-order valence-electron chi connectivity index (χ0n) is 11.4. The highest BCUT2D eigenvalue weighted by atomic mass is 16.5. The van der Waals surface area contributed by atoms with Gasteiger partial charge < -0.3 is 4.74 Å². The first kappa shape index (κ1) is 14.2. The number of aryl methyl sites for hydroxylation is 2. The van der Waals surface area contributed by atoms with Crippen LogP contribution in [-0.2, 0) is 9.53 Å². The third kappa shape index (κ3) is 3.06. The lowest BCUT2D eigenvalue weighted by Gasteiger charge is -2.09. The van der Waals surface area contributed by atoms with E-state index in [0.717, 1.165) is 17.0 Å². The molecule has 0 spiro atoms. The minimum atomic E-state index is -0.430. The molecule has 5 nitrogen and oxygen atoms in total. The van der Waals surface area contributed by atoms with Gasteiger partial charge >= 0.3 is 5.97 Å². The van der Waals surface area contributed by atoms with Gasteiger partial charge in [-0.2, -0.15) is 5.10 Å². The van der Waals surface area contributed by atoms with Crippen molar-refractivity contribution in [2.24, 2.45) is 0 Å². The number of rotatable bonds is 3. The fraction of sp³-hybridized carbons (Fsp3) is 0.462. The maximum absolute atomic E-state index is 12.3. The van der Waals surface area contributed by atoms with Crippen molar-refractivity contribution in [2.45, 2.75) is 34.1 Å². The molecule has 18 heavy (non-hydrogen) atoms. The molecule has 98 valence electrons. The van der Waals surface area contributed by atoms with Crippen LogP contribution in [0.25, 0.3) is 0 Å². The topological polar surface area (TPSA) is 61.2 Å². The zero-order chi connectivity index (χ0) is 13.9. The summed E-state index contributed by atoms with van der Waals surface area (Å²) >= 11 is 0. The number of methoxy groups -OCH3 is 1. The number of hydrogen-bond acceptors (Lipinski definition) is 4. The van der Waals surface area contributed by atoms with Gasteiger partial charge in [-0.3, -0.25) is 9.59 Å². The molecule has 1 rings (SSSR count). The third-order valence-corrected chi connectivity index (χ3v) is 2.61. The van der Waals surface area contributed by atoms with Gasteiger partial charge in [0.25, 0.3) is 5.91 Å². The van der Waals surface area contributed by atoms with Crippen LogP contribution in [0.2, 0.25) is 0 Å². The van der Waals surface area contributed by atoms with E-state index in [2.05, 4.69) is 9.84 Å². The van der Waals surface area contributed by atoms with E-state index in [4.69, 9.17) is 0 Å². The fourth-order valence-corrected chi connectivity index (χ4v) is 1.65. The summed E-state index contributed by atoms with van der Waals surface area (Å²) in [5, 5.41) is 4.13. The van der Waals surface area contributed by atoms with Gasteiger partial charge in [0.15, 0.2) is 0 Å². The van der Waals surface area contributed by atoms with Crippen molar-refractivity contribution in [3.63, 3.8) is 0 Å². The van der Waals surface area contributed by atoms with Gasteiger partial charge in [-0.25, -0.2) is 4.68 Å². The normalized spacial score (nSPS) is 10.1. The standard InChI is InChI=1S/C13H18N2O3/c1-8(2)11(7-12(16)18-5)13(17)15-10(4)6-9(3)14-15/h6H,7H2,1-5H3. The summed E-state index contributed by atoms with van der Waals surface area (Å²) in [7, 11) is 1.30. The molecule has 0 bridgehead atoms. The monoisotopic (exact) mass is 250 g/mol. The molecule has 0 aliphatic heterocycles. The third-order valence-electron chi connectivity index (χ3n) is 2.61.